The highest BCUT2D eigenvalue weighted by atomic mass is 16.5. The van der Waals surface area contributed by atoms with Gasteiger partial charge >= 0.3 is 5.97 Å². The fourth-order valence-electron chi connectivity index (χ4n) is 2.24. The maximum atomic E-state index is 11.5. The lowest BCUT2D eigenvalue weighted by molar-refractivity contribution is -0.160. The van der Waals surface area contributed by atoms with Crippen LogP contribution >= 0.6 is 0 Å². The molecular weight excluding hydrogens is 254 g/mol. The highest BCUT2D eigenvalue weighted by Crippen LogP contribution is 2.25. The molecule has 2 atom stereocenters. The molecule has 0 aromatic heterocycles. The van der Waals surface area contributed by atoms with Crippen LogP contribution in [0.4, 0.5) is 0 Å². The number of hydrogen-bond acceptors (Lipinski definition) is 4. The molecule has 0 fully saturated rings. The summed E-state index contributed by atoms with van der Waals surface area (Å²) in [6, 6.07) is 8.20. The average molecular weight is 279 g/mol. The van der Waals surface area contributed by atoms with Crippen LogP contribution in [0.3, 0.4) is 0 Å². The van der Waals surface area contributed by atoms with Crippen molar-refractivity contribution in [1.82, 2.24) is 5.32 Å². The summed E-state index contributed by atoms with van der Waals surface area (Å²) in [5.41, 5.74) is 0.851. The second-order valence-electron chi connectivity index (χ2n) is 5.72. The summed E-state index contributed by atoms with van der Waals surface area (Å²) in [6.07, 6.45) is 0. The van der Waals surface area contributed by atoms with Crippen LogP contribution in [0.5, 0.6) is 0 Å². The standard InChI is InChI=1S/C16H25NO3/c1-11(2)14(13-9-7-6-8-12(13)3)17-10-16(4,19)15(18)20-5/h6-9,11,14,17,19H,10H2,1-5H3/t14-,16-/m0/s1. The number of carbonyl (C=O) groups is 1. The normalized spacial score (nSPS) is 15.8. The smallest absolute Gasteiger partial charge is 0.338 e. The Hall–Kier alpha value is -1.39. The van der Waals surface area contributed by atoms with E-state index in [-0.39, 0.29) is 12.6 Å². The van der Waals surface area contributed by atoms with Crippen LogP contribution in [0.15, 0.2) is 24.3 Å². The molecule has 0 spiro atoms. The summed E-state index contributed by atoms with van der Waals surface area (Å²) in [5, 5.41) is 13.4. The van der Waals surface area contributed by atoms with Crippen LogP contribution in [-0.2, 0) is 9.53 Å². The van der Waals surface area contributed by atoms with Gasteiger partial charge in [-0.1, -0.05) is 38.1 Å². The number of ether oxygens (including phenoxy) is 1. The van der Waals surface area contributed by atoms with Gasteiger partial charge in [0, 0.05) is 12.6 Å². The lowest BCUT2D eigenvalue weighted by Crippen LogP contribution is -2.47. The van der Waals surface area contributed by atoms with Crippen molar-refractivity contribution < 1.29 is 14.6 Å². The van der Waals surface area contributed by atoms with Gasteiger partial charge in [0.15, 0.2) is 5.60 Å². The first-order valence-corrected chi connectivity index (χ1v) is 6.89. The Morgan fingerprint density at radius 1 is 1.40 bits per heavy atom. The van der Waals surface area contributed by atoms with Gasteiger partial charge in [0.1, 0.15) is 0 Å². The fraction of sp³-hybridized carbons (Fsp3) is 0.562. The lowest BCUT2D eigenvalue weighted by atomic mass is 9.92. The van der Waals surface area contributed by atoms with Gasteiger partial charge in [-0.15, -0.1) is 0 Å². The van der Waals surface area contributed by atoms with E-state index in [1.54, 1.807) is 0 Å². The number of aliphatic hydroxyl groups is 1. The third-order valence-corrected chi connectivity index (χ3v) is 3.48. The topological polar surface area (TPSA) is 58.6 Å². The second kappa shape index (κ2) is 6.86. The Kier molecular flexibility index (Phi) is 5.72. The number of nitrogens with one attached hydrogen (secondary N) is 1. The molecular formula is C16H25NO3. The zero-order valence-electron chi connectivity index (χ0n) is 12.9. The van der Waals surface area contributed by atoms with E-state index in [4.69, 9.17) is 0 Å². The van der Waals surface area contributed by atoms with Gasteiger partial charge in [-0.2, -0.15) is 0 Å². The van der Waals surface area contributed by atoms with Crippen LogP contribution in [-0.4, -0.2) is 30.3 Å². The summed E-state index contributed by atoms with van der Waals surface area (Å²) in [5.74, 6) is -0.290. The maximum Gasteiger partial charge on any atom is 0.338 e. The minimum atomic E-state index is -1.52. The molecule has 0 aliphatic heterocycles. The molecule has 2 N–H and O–H groups in total. The average Bonchev–Trinajstić information content (AvgIpc) is 2.39. The first-order chi connectivity index (χ1) is 9.29. The van der Waals surface area contributed by atoms with E-state index in [0.717, 1.165) is 0 Å². The van der Waals surface area contributed by atoms with Crippen molar-refractivity contribution in [3.8, 4) is 0 Å². The van der Waals surface area contributed by atoms with E-state index in [1.807, 2.05) is 12.1 Å². The van der Waals surface area contributed by atoms with Crippen molar-refractivity contribution in [1.29, 1.82) is 0 Å². The van der Waals surface area contributed by atoms with E-state index < -0.39 is 11.6 Å². The van der Waals surface area contributed by atoms with Gasteiger partial charge in [-0.05, 0) is 30.9 Å². The number of aryl methyl sites for hydroxylation is 1. The molecule has 0 saturated carbocycles. The van der Waals surface area contributed by atoms with Gasteiger partial charge in [0.25, 0.3) is 0 Å². The molecule has 1 aromatic carbocycles. The number of esters is 1. The Bertz CT molecular complexity index is 455. The number of benzene rings is 1. The van der Waals surface area contributed by atoms with E-state index in [0.29, 0.717) is 5.92 Å². The second-order valence-corrected chi connectivity index (χ2v) is 5.72. The largest absolute Gasteiger partial charge is 0.467 e. The zero-order chi connectivity index (χ0) is 15.3. The summed E-state index contributed by atoms with van der Waals surface area (Å²) < 4.78 is 4.61. The molecule has 0 aliphatic carbocycles. The van der Waals surface area contributed by atoms with Crippen molar-refractivity contribution in [3.63, 3.8) is 0 Å². The minimum absolute atomic E-state index is 0.0762. The fourth-order valence-corrected chi connectivity index (χ4v) is 2.24. The third kappa shape index (κ3) is 4.05. The molecule has 0 amide bonds. The van der Waals surface area contributed by atoms with Gasteiger partial charge in [-0.3, -0.25) is 0 Å². The van der Waals surface area contributed by atoms with Gasteiger partial charge in [0.05, 0.1) is 7.11 Å². The molecule has 0 heterocycles. The van der Waals surface area contributed by atoms with Gasteiger partial charge in [0.2, 0.25) is 0 Å². The number of carbonyl (C=O) groups excluding carboxylic acids is 1. The van der Waals surface area contributed by atoms with Crippen LogP contribution in [0.1, 0.15) is 37.9 Å². The summed E-state index contributed by atoms with van der Waals surface area (Å²) in [4.78, 5) is 11.5. The molecule has 1 rings (SSSR count). The monoisotopic (exact) mass is 279 g/mol. The van der Waals surface area contributed by atoms with Crippen LogP contribution in [0, 0.1) is 12.8 Å². The molecule has 20 heavy (non-hydrogen) atoms. The minimum Gasteiger partial charge on any atom is -0.467 e. The SMILES string of the molecule is COC(=O)[C@@](C)(O)CN[C@H](c1ccccc1C)C(C)C. The number of methoxy groups -OCH3 is 1. The molecule has 0 bridgehead atoms. The van der Waals surface area contributed by atoms with Crippen LogP contribution in [0.2, 0.25) is 0 Å². The lowest BCUT2D eigenvalue weighted by Gasteiger charge is -2.28. The van der Waals surface area contributed by atoms with Crippen LogP contribution < -0.4 is 5.32 Å². The van der Waals surface area contributed by atoms with Crippen molar-refractivity contribution in [2.24, 2.45) is 5.92 Å². The van der Waals surface area contributed by atoms with Crippen molar-refractivity contribution >= 4 is 5.97 Å². The molecule has 4 nitrogen and oxygen atoms in total. The Morgan fingerprint density at radius 2 is 2.00 bits per heavy atom. The van der Waals surface area contributed by atoms with E-state index >= 15 is 0 Å². The summed E-state index contributed by atoms with van der Waals surface area (Å²) >= 11 is 0. The highest BCUT2D eigenvalue weighted by molar-refractivity contribution is 5.78. The van der Waals surface area contributed by atoms with E-state index in [9.17, 15) is 9.90 Å². The zero-order valence-corrected chi connectivity index (χ0v) is 12.9. The molecule has 0 aliphatic rings. The van der Waals surface area contributed by atoms with E-state index in [2.05, 4.69) is 43.0 Å². The van der Waals surface area contributed by atoms with Crippen molar-refractivity contribution in [3.05, 3.63) is 35.4 Å². The molecule has 112 valence electrons. The van der Waals surface area contributed by atoms with E-state index in [1.165, 1.54) is 25.2 Å². The molecule has 0 saturated heterocycles. The first kappa shape index (κ1) is 16.7. The Balaban J connectivity index is 2.85. The van der Waals surface area contributed by atoms with Crippen molar-refractivity contribution in [2.75, 3.05) is 13.7 Å². The Labute approximate surface area is 121 Å². The number of hydrogen-bond donors (Lipinski definition) is 2. The molecule has 0 unspecified atom stereocenters. The first-order valence-electron chi connectivity index (χ1n) is 6.89. The molecule has 4 heteroatoms. The van der Waals surface area contributed by atoms with Gasteiger partial charge in [-0.25, -0.2) is 4.79 Å². The van der Waals surface area contributed by atoms with Crippen LogP contribution in [0.25, 0.3) is 0 Å². The molecule has 1 aromatic rings. The highest BCUT2D eigenvalue weighted by Gasteiger charge is 2.32. The van der Waals surface area contributed by atoms with Crippen molar-refractivity contribution in [2.45, 2.75) is 39.3 Å². The predicted molar refractivity (Wildman–Crippen MR) is 79.4 cm³/mol. The summed E-state index contributed by atoms with van der Waals surface area (Å²) in [7, 11) is 1.28. The predicted octanol–water partition coefficient (Wildman–Crippen LogP) is 2.21. The maximum absolute atomic E-state index is 11.5. The quantitative estimate of drug-likeness (QED) is 0.784. The Morgan fingerprint density at radius 3 is 2.50 bits per heavy atom. The summed E-state index contributed by atoms with van der Waals surface area (Å²) in [6.45, 7) is 7.89. The molecule has 0 radical (unpaired) electrons. The number of rotatable bonds is 6. The van der Waals surface area contributed by atoms with Gasteiger partial charge < -0.3 is 15.2 Å². The third-order valence-electron chi connectivity index (χ3n) is 3.48.